The summed E-state index contributed by atoms with van der Waals surface area (Å²) in [6.07, 6.45) is 1.28. The number of nitrogens with zero attached hydrogens (tertiary/aromatic N) is 1. The Labute approximate surface area is 180 Å². The first-order valence-electron chi connectivity index (χ1n) is 9.49. The number of carbonyl (C=O) groups excluding carboxylic acids is 1. The molecule has 0 bridgehead atoms. The molecule has 1 heterocycles. The van der Waals surface area contributed by atoms with Gasteiger partial charge in [0.25, 0.3) is 5.91 Å². The highest BCUT2D eigenvalue weighted by Crippen LogP contribution is 2.28. The van der Waals surface area contributed by atoms with Crippen molar-refractivity contribution in [3.8, 4) is 5.88 Å². The van der Waals surface area contributed by atoms with Gasteiger partial charge < -0.3 is 10.1 Å². The second kappa shape index (κ2) is 9.25. The van der Waals surface area contributed by atoms with E-state index in [1.807, 2.05) is 60.7 Å². The van der Waals surface area contributed by atoms with Crippen molar-refractivity contribution in [2.24, 2.45) is 0 Å². The van der Waals surface area contributed by atoms with Crippen LogP contribution in [0.25, 0.3) is 0 Å². The molecule has 0 aliphatic carbocycles. The van der Waals surface area contributed by atoms with Gasteiger partial charge in [0.15, 0.2) is 6.10 Å². The molecule has 0 aliphatic heterocycles. The fourth-order valence-corrected chi connectivity index (χ4v) is 3.29. The summed E-state index contributed by atoms with van der Waals surface area (Å²) in [7, 11) is 0. The van der Waals surface area contributed by atoms with E-state index in [0.717, 1.165) is 11.1 Å². The average molecular weight is 415 g/mol. The van der Waals surface area contributed by atoms with Crippen LogP contribution in [0.5, 0.6) is 5.88 Å². The molecule has 0 spiro atoms. The van der Waals surface area contributed by atoms with Gasteiger partial charge in [0.1, 0.15) is 0 Å². The number of anilines is 1. The highest BCUT2D eigenvalue weighted by atomic mass is 35.5. The van der Waals surface area contributed by atoms with Crippen LogP contribution in [-0.2, 0) is 0 Å². The van der Waals surface area contributed by atoms with E-state index in [-0.39, 0.29) is 12.0 Å². The molecule has 4 nitrogen and oxygen atoms in total. The van der Waals surface area contributed by atoms with Crippen molar-refractivity contribution in [2.75, 3.05) is 5.32 Å². The number of aromatic nitrogens is 1. The van der Waals surface area contributed by atoms with Gasteiger partial charge in [0, 0.05) is 6.07 Å². The van der Waals surface area contributed by atoms with Crippen molar-refractivity contribution < 1.29 is 9.53 Å². The second-order valence-electron chi connectivity index (χ2n) is 6.64. The molecule has 0 saturated heterocycles. The third kappa shape index (κ3) is 4.67. The lowest BCUT2D eigenvalue weighted by Gasteiger charge is -2.19. The first-order valence-corrected chi connectivity index (χ1v) is 9.87. The maximum atomic E-state index is 12.4. The van der Waals surface area contributed by atoms with E-state index in [4.69, 9.17) is 16.3 Å². The topological polar surface area (TPSA) is 51.2 Å². The average Bonchev–Trinajstić information content (AvgIpc) is 2.80. The molecule has 3 aromatic carbocycles. The standard InChI is InChI=1S/C25H19ClN2O2/c26-22-14-8-7-13-21(22)25(29)28-20-15-16-23(27-17-20)30-24(18-9-3-1-4-10-18)19-11-5-2-6-12-19/h1-17,24H,(H,28,29). The van der Waals surface area contributed by atoms with Gasteiger partial charge in [-0.2, -0.15) is 0 Å². The molecule has 0 fully saturated rings. The van der Waals surface area contributed by atoms with Gasteiger partial charge in [-0.15, -0.1) is 0 Å². The summed E-state index contributed by atoms with van der Waals surface area (Å²) in [6, 6.07) is 30.4. The number of carbonyl (C=O) groups is 1. The van der Waals surface area contributed by atoms with Crippen LogP contribution in [0.4, 0.5) is 5.69 Å². The molecule has 4 rings (SSSR count). The summed E-state index contributed by atoms with van der Waals surface area (Å²) in [5.41, 5.74) is 3.03. The lowest BCUT2D eigenvalue weighted by molar-refractivity contribution is 0.102. The van der Waals surface area contributed by atoms with Gasteiger partial charge in [-0.3, -0.25) is 4.79 Å². The molecule has 0 unspecified atom stereocenters. The maximum Gasteiger partial charge on any atom is 0.257 e. The summed E-state index contributed by atoms with van der Waals surface area (Å²) >= 11 is 6.09. The SMILES string of the molecule is O=C(Nc1ccc(OC(c2ccccc2)c2ccccc2)nc1)c1ccccc1Cl. The number of benzene rings is 3. The third-order valence-electron chi connectivity index (χ3n) is 4.56. The van der Waals surface area contributed by atoms with Crippen molar-refractivity contribution in [1.29, 1.82) is 0 Å². The van der Waals surface area contributed by atoms with Crippen LogP contribution in [0, 0.1) is 0 Å². The van der Waals surface area contributed by atoms with E-state index in [2.05, 4.69) is 10.3 Å². The number of amides is 1. The van der Waals surface area contributed by atoms with Crippen LogP contribution in [0.15, 0.2) is 103 Å². The van der Waals surface area contributed by atoms with Crippen LogP contribution in [0.2, 0.25) is 5.02 Å². The first kappa shape index (κ1) is 19.7. The van der Waals surface area contributed by atoms with E-state index in [1.54, 1.807) is 42.6 Å². The van der Waals surface area contributed by atoms with Crippen LogP contribution in [-0.4, -0.2) is 10.9 Å². The molecule has 148 valence electrons. The number of rotatable bonds is 6. The summed E-state index contributed by atoms with van der Waals surface area (Å²) in [4.78, 5) is 16.8. The van der Waals surface area contributed by atoms with Gasteiger partial charge in [0.05, 0.1) is 22.5 Å². The molecule has 0 aliphatic rings. The molecule has 0 radical (unpaired) electrons. The molecule has 30 heavy (non-hydrogen) atoms. The molecule has 5 heteroatoms. The lowest BCUT2D eigenvalue weighted by Crippen LogP contribution is -2.13. The van der Waals surface area contributed by atoms with Crippen LogP contribution < -0.4 is 10.1 Å². The number of hydrogen-bond donors (Lipinski definition) is 1. The van der Waals surface area contributed by atoms with Crippen molar-refractivity contribution in [1.82, 2.24) is 4.98 Å². The van der Waals surface area contributed by atoms with E-state index < -0.39 is 0 Å². The van der Waals surface area contributed by atoms with Crippen molar-refractivity contribution in [3.63, 3.8) is 0 Å². The Bertz CT molecular complexity index is 1080. The van der Waals surface area contributed by atoms with E-state index in [0.29, 0.717) is 22.2 Å². The minimum Gasteiger partial charge on any atom is -0.465 e. The van der Waals surface area contributed by atoms with Gasteiger partial charge in [0.2, 0.25) is 5.88 Å². The molecular weight excluding hydrogens is 396 g/mol. The van der Waals surface area contributed by atoms with Crippen LogP contribution >= 0.6 is 11.6 Å². The summed E-state index contributed by atoms with van der Waals surface area (Å²) in [5, 5.41) is 3.20. The number of pyridine rings is 1. The number of nitrogens with one attached hydrogen (secondary N) is 1. The zero-order valence-electron chi connectivity index (χ0n) is 16.0. The minimum absolute atomic E-state index is 0.288. The Balaban J connectivity index is 1.51. The first-order chi connectivity index (χ1) is 14.7. The van der Waals surface area contributed by atoms with E-state index in [1.165, 1.54) is 0 Å². The van der Waals surface area contributed by atoms with Crippen molar-refractivity contribution in [3.05, 3.63) is 125 Å². The summed E-state index contributed by atoms with van der Waals surface area (Å²) in [6.45, 7) is 0. The molecular formula is C25H19ClN2O2. The van der Waals surface area contributed by atoms with Gasteiger partial charge in [-0.1, -0.05) is 84.4 Å². The normalized spacial score (nSPS) is 10.6. The number of hydrogen-bond acceptors (Lipinski definition) is 3. The largest absolute Gasteiger partial charge is 0.465 e. The Hall–Kier alpha value is -3.63. The highest BCUT2D eigenvalue weighted by molar-refractivity contribution is 6.34. The fourth-order valence-electron chi connectivity index (χ4n) is 3.07. The summed E-state index contributed by atoms with van der Waals surface area (Å²) in [5.74, 6) is 0.172. The van der Waals surface area contributed by atoms with Crippen LogP contribution in [0.1, 0.15) is 27.6 Å². The predicted octanol–water partition coefficient (Wildman–Crippen LogP) is 6.16. The predicted molar refractivity (Wildman–Crippen MR) is 119 cm³/mol. The zero-order valence-corrected chi connectivity index (χ0v) is 16.8. The van der Waals surface area contributed by atoms with E-state index in [9.17, 15) is 4.79 Å². The molecule has 1 amide bonds. The van der Waals surface area contributed by atoms with Gasteiger partial charge in [-0.05, 0) is 29.3 Å². The smallest absolute Gasteiger partial charge is 0.257 e. The molecule has 0 saturated carbocycles. The number of halogens is 1. The Morgan fingerprint density at radius 1 is 0.800 bits per heavy atom. The monoisotopic (exact) mass is 414 g/mol. The Morgan fingerprint density at radius 2 is 1.40 bits per heavy atom. The Morgan fingerprint density at radius 3 is 1.97 bits per heavy atom. The van der Waals surface area contributed by atoms with Crippen LogP contribution in [0.3, 0.4) is 0 Å². The quantitative estimate of drug-likeness (QED) is 0.411. The third-order valence-corrected chi connectivity index (χ3v) is 4.89. The number of ether oxygens (including phenoxy) is 1. The van der Waals surface area contributed by atoms with E-state index >= 15 is 0 Å². The molecule has 1 N–H and O–H groups in total. The minimum atomic E-state index is -0.289. The zero-order chi connectivity index (χ0) is 20.8. The van der Waals surface area contributed by atoms with Crippen molar-refractivity contribution >= 4 is 23.2 Å². The second-order valence-corrected chi connectivity index (χ2v) is 7.05. The van der Waals surface area contributed by atoms with Gasteiger partial charge in [-0.25, -0.2) is 4.98 Å². The van der Waals surface area contributed by atoms with Gasteiger partial charge >= 0.3 is 0 Å². The van der Waals surface area contributed by atoms with Crippen molar-refractivity contribution in [2.45, 2.75) is 6.10 Å². The highest BCUT2D eigenvalue weighted by Gasteiger charge is 2.16. The molecule has 1 aromatic heterocycles. The fraction of sp³-hybridized carbons (Fsp3) is 0.0400. The Kier molecular flexibility index (Phi) is 6.06. The maximum absolute atomic E-state index is 12.4. The summed E-state index contributed by atoms with van der Waals surface area (Å²) < 4.78 is 6.21. The lowest BCUT2D eigenvalue weighted by atomic mass is 10.0. The molecule has 4 aromatic rings. The molecule has 0 atom stereocenters.